The molecule has 3 aromatic rings. The molecule has 20 nitrogen and oxygen atoms in total. The minimum absolute atomic E-state index is 0.0213. The van der Waals surface area contributed by atoms with Crippen molar-refractivity contribution in [1.29, 1.82) is 0 Å². The second-order valence-electron chi connectivity index (χ2n) is 16.1. The molecule has 0 saturated carbocycles. The first-order valence-electron chi connectivity index (χ1n) is 20.7. The number of aliphatic hydroxyl groups is 1. The minimum atomic E-state index is -1.87. The number of carbonyl (C=O) groups excluding carboxylic acids is 7. The molecule has 0 aromatic heterocycles. The van der Waals surface area contributed by atoms with E-state index in [0.717, 1.165) is 17.7 Å². The SMILES string of the molecule is CC(=O)[C@@H](Cc1ccc2ccccc2c1)C(=O)N[C@H](C(=O)N[C@@H](CC(C)C)C(=O)N[C@@H](CC(=O)O)C(=O)N[C@@H](C)C(=O)N[C@@H](CC(=O)O)C(=O)N[C@@H](Cc1ccccc1)C(=O)O)[C@@H](C)O. The largest absolute Gasteiger partial charge is 0.481 e. The Morgan fingerprint density at radius 2 is 1.02 bits per heavy atom. The van der Waals surface area contributed by atoms with Crippen molar-refractivity contribution in [2.24, 2.45) is 11.8 Å². The first kappa shape index (κ1) is 52.1. The van der Waals surface area contributed by atoms with Gasteiger partial charge in [0.05, 0.1) is 18.9 Å². The quantitative estimate of drug-likeness (QED) is 0.0509. The molecule has 0 unspecified atom stereocenters. The van der Waals surface area contributed by atoms with Crippen molar-refractivity contribution in [1.82, 2.24) is 31.9 Å². The van der Waals surface area contributed by atoms with Gasteiger partial charge in [-0.15, -0.1) is 0 Å². The van der Waals surface area contributed by atoms with E-state index >= 15 is 0 Å². The lowest BCUT2D eigenvalue weighted by Gasteiger charge is -2.28. The van der Waals surface area contributed by atoms with Gasteiger partial charge in [-0.05, 0) is 61.4 Å². The predicted octanol–water partition coefficient (Wildman–Crippen LogP) is 0.220. The number of carbonyl (C=O) groups is 10. The zero-order chi connectivity index (χ0) is 48.5. The van der Waals surface area contributed by atoms with Crippen LogP contribution in [0.5, 0.6) is 0 Å². The summed E-state index contributed by atoms with van der Waals surface area (Å²) in [5.41, 5.74) is 1.20. The van der Waals surface area contributed by atoms with Gasteiger partial charge in [0.2, 0.25) is 35.4 Å². The van der Waals surface area contributed by atoms with Crippen LogP contribution < -0.4 is 31.9 Å². The van der Waals surface area contributed by atoms with Crippen LogP contribution in [0.1, 0.15) is 65.0 Å². The number of hydrogen-bond donors (Lipinski definition) is 10. The highest BCUT2D eigenvalue weighted by Gasteiger charge is 2.36. The normalized spacial score (nSPS) is 14.8. The minimum Gasteiger partial charge on any atom is -0.481 e. The third-order valence-corrected chi connectivity index (χ3v) is 10.1. The van der Waals surface area contributed by atoms with Gasteiger partial charge in [0.15, 0.2) is 0 Å². The maximum Gasteiger partial charge on any atom is 0.326 e. The van der Waals surface area contributed by atoms with Crippen LogP contribution in [0.15, 0.2) is 72.8 Å². The molecule has 8 atom stereocenters. The first-order chi connectivity index (χ1) is 30.6. The maximum absolute atomic E-state index is 13.7. The summed E-state index contributed by atoms with van der Waals surface area (Å²) in [5.74, 6) is -13.1. The van der Waals surface area contributed by atoms with Gasteiger partial charge >= 0.3 is 17.9 Å². The molecule has 0 spiro atoms. The number of carboxylic acids is 3. The second kappa shape index (κ2) is 24.6. The zero-order valence-corrected chi connectivity index (χ0v) is 36.5. The van der Waals surface area contributed by atoms with Crippen LogP contribution in [0.25, 0.3) is 10.8 Å². The number of rotatable bonds is 25. The van der Waals surface area contributed by atoms with Crippen molar-refractivity contribution >= 4 is 69.9 Å². The summed E-state index contributed by atoms with van der Waals surface area (Å²) < 4.78 is 0. The number of hydrogen-bond acceptors (Lipinski definition) is 11. The van der Waals surface area contributed by atoms with E-state index in [9.17, 15) is 68.4 Å². The van der Waals surface area contributed by atoms with E-state index in [4.69, 9.17) is 0 Å². The number of Topliss-reactive ketones (excluding diaryl/α,β-unsaturated/α-hetero) is 1. The summed E-state index contributed by atoms with van der Waals surface area (Å²) in [4.78, 5) is 129. The van der Waals surface area contributed by atoms with Gasteiger partial charge in [-0.3, -0.25) is 43.2 Å². The van der Waals surface area contributed by atoms with Crippen molar-refractivity contribution in [3.63, 3.8) is 0 Å². The summed E-state index contributed by atoms with van der Waals surface area (Å²) in [6.45, 7) is 6.91. The van der Waals surface area contributed by atoms with E-state index in [1.54, 1.807) is 50.2 Å². The molecule has 0 aliphatic carbocycles. The Morgan fingerprint density at radius 3 is 1.55 bits per heavy atom. The van der Waals surface area contributed by atoms with E-state index in [2.05, 4.69) is 31.9 Å². The molecule has 0 bridgehead atoms. The third kappa shape index (κ3) is 16.8. The fourth-order valence-electron chi connectivity index (χ4n) is 6.68. The molecular weight excluding hydrogens is 849 g/mol. The average Bonchev–Trinajstić information content (AvgIpc) is 3.22. The van der Waals surface area contributed by atoms with Crippen LogP contribution in [-0.4, -0.2) is 122 Å². The van der Waals surface area contributed by atoms with Gasteiger partial charge in [-0.25, -0.2) is 4.79 Å². The van der Waals surface area contributed by atoms with Crippen LogP contribution in [-0.2, 0) is 60.8 Å². The Kier molecular flexibility index (Phi) is 19.7. The highest BCUT2D eigenvalue weighted by Crippen LogP contribution is 2.19. The summed E-state index contributed by atoms with van der Waals surface area (Å²) in [6, 6.07) is 11.2. The van der Waals surface area contributed by atoms with Gasteiger partial charge in [0, 0.05) is 6.42 Å². The summed E-state index contributed by atoms with van der Waals surface area (Å²) in [5, 5.41) is 54.8. The fourth-order valence-corrected chi connectivity index (χ4v) is 6.68. The van der Waals surface area contributed by atoms with E-state index in [1.165, 1.54) is 13.8 Å². The number of ketones is 1. The third-order valence-electron chi connectivity index (χ3n) is 10.1. The van der Waals surface area contributed by atoms with E-state index in [-0.39, 0.29) is 25.2 Å². The average molecular weight is 905 g/mol. The number of fused-ring (bicyclic) bond motifs is 1. The number of aliphatic hydroxyl groups excluding tert-OH is 1. The van der Waals surface area contributed by atoms with E-state index in [0.29, 0.717) is 11.1 Å². The Hall–Kier alpha value is -7.22. The molecule has 0 heterocycles. The van der Waals surface area contributed by atoms with Crippen LogP contribution in [0.3, 0.4) is 0 Å². The van der Waals surface area contributed by atoms with Crippen molar-refractivity contribution in [2.45, 2.75) is 109 Å². The Labute approximate surface area is 374 Å². The molecule has 65 heavy (non-hydrogen) atoms. The molecule has 0 radical (unpaired) electrons. The smallest absolute Gasteiger partial charge is 0.326 e. The van der Waals surface area contributed by atoms with Crippen molar-refractivity contribution in [2.75, 3.05) is 0 Å². The lowest BCUT2D eigenvalue weighted by Crippen LogP contribution is -2.60. The number of nitrogens with one attached hydrogen (secondary N) is 6. The molecule has 10 N–H and O–H groups in total. The zero-order valence-electron chi connectivity index (χ0n) is 36.5. The van der Waals surface area contributed by atoms with Gasteiger partial charge in [0.1, 0.15) is 48.0 Å². The Bertz CT molecular complexity index is 2230. The summed E-state index contributed by atoms with van der Waals surface area (Å²) in [7, 11) is 0. The Balaban J connectivity index is 1.72. The van der Waals surface area contributed by atoms with Gasteiger partial charge < -0.3 is 52.3 Å². The molecule has 3 rings (SSSR count). The molecule has 0 aliphatic rings. The molecular formula is C45H56N6O14. The molecule has 0 saturated heterocycles. The molecule has 3 aromatic carbocycles. The lowest BCUT2D eigenvalue weighted by atomic mass is 9.93. The Morgan fingerprint density at radius 1 is 0.508 bits per heavy atom. The number of aliphatic carboxylic acids is 3. The van der Waals surface area contributed by atoms with Crippen molar-refractivity contribution in [3.05, 3.63) is 83.9 Å². The highest BCUT2D eigenvalue weighted by molar-refractivity contribution is 6.03. The molecule has 0 aliphatic heterocycles. The predicted molar refractivity (Wildman–Crippen MR) is 233 cm³/mol. The van der Waals surface area contributed by atoms with Crippen LogP contribution >= 0.6 is 0 Å². The molecule has 6 amide bonds. The monoisotopic (exact) mass is 904 g/mol. The summed E-state index contributed by atoms with van der Waals surface area (Å²) in [6.07, 6.45) is -3.83. The maximum atomic E-state index is 13.7. The number of benzene rings is 3. The lowest BCUT2D eigenvalue weighted by molar-refractivity contribution is -0.143. The first-order valence-corrected chi connectivity index (χ1v) is 20.7. The number of carboxylic acid groups (broad SMARTS) is 3. The van der Waals surface area contributed by atoms with Crippen molar-refractivity contribution < 1.29 is 68.4 Å². The van der Waals surface area contributed by atoms with Crippen LogP contribution in [0, 0.1) is 11.8 Å². The van der Waals surface area contributed by atoms with E-state index in [1.807, 2.05) is 36.4 Å². The van der Waals surface area contributed by atoms with Gasteiger partial charge in [-0.2, -0.15) is 0 Å². The highest BCUT2D eigenvalue weighted by atomic mass is 16.4. The van der Waals surface area contributed by atoms with Crippen LogP contribution in [0.2, 0.25) is 0 Å². The fraction of sp³-hybridized carbons (Fsp3) is 0.422. The van der Waals surface area contributed by atoms with Crippen LogP contribution in [0.4, 0.5) is 0 Å². The van der Waals surface area contributed by atoms with Gasteiger partial charge in [-0.1, -0.05) is 86.6 Å². The van der Waals surface area contributed by atoms with Crippen molar-refractivity contribution in [3.8, 4) is 0 Å². The molecule has 20 heteroatoms. The topological polar surface area (TPSA) is 324 Å². The summed E-state index contributed by atoms with van der Waals surface area (Å²) >= 11 is 0. The number of amides is 6. The standard InChI is InChI=1S/C45H56N6O14/c1-23(2)17-32(49-44(63)38(26(5)53)51-40(59)31(25(4)52)19-28-15-16-29-13-9-10-14-30(29)18-28)42(61)48-33(21-36(54)55)41(60)46-24(3)39(58)47-34(22-37(56)57)43(62)50-35(45(64)65)20-27-11-7-6-8-12-27/h6-16,18,23-24,26,31-35,38,53H,17,19-22H2,1-5H3,(H,46,60)(H,47,58)(H,48,61)(H,49,63)(H,50,62)(H,51,59)(H,54,55)(H,56,57)(H,64,65)/t24-,26+,31+,32-,33-,34-,35-,38-/m0/s1. The van der Waals surface area contributed by atoms with E-state index < -0.39 is 120 Å². The van der Waals surface area contributed by atoms with Gasteiger partial charge in [0.25, 0.3) is 0 Å². The molecule has 0 fully saturated rings. The second-order valence-corrected chi connectivity index (χ2v) is 16.1. The molecule has 350 valence electrons.